The standard InChI is InChI=1S/C11H17NO2S/c1-3-5-10(13)8-9(2)6-4-7-11(14)12-15/h3-5,7,9,15H,6,8H2,1-2H3,(H,12,14)/b5-3+,7-4+. The first kappa shape index (κ1) is 14.0. The van der Waals surface area contributed by atoms with E-state index in [1.807, 2.05) is 13.8 Å². The van der Waals surface area contributed by atoms with Crippen LogP contribution in [0.2, 0.25) is 0 Å². The van der Waals surface area contributed by atoms with Crippen molar-refractivity contribution in [3.05, 3.63) is 24.3 Å². The van der Waals surface area contributed by atoms with Crippen LogP contribution in [0.25, 0.3) is 0 Å². The van der Waals surface area contributed by atoms with Crippen molar-refractivity contribution in [2.24, 2.45) is 5.92 Å². The van der Waals surface area contributed by atoms with E-state index in [9.17, 15) is 9.59 Å². The van der Waals surface area contributed by atoms with Gasteiger partial charge in [0, 0.05) is 6.42 Å². The molecule has 0 bridgehead atoms. The van der Waals surface area contributed by atoms with E-state index in [2.05, 4.69) is 17.5 Å². The highest BCUT2D eigenvalue weighted by molar-refractivity contribution is 7.78. The zero-order valence-corrected chi connectivity index (χ0v) is 9.96. The third kappa shape index (κ3) is 8.00. The van der Waals surface area contributed by atoms with Crippen molar-refractivity contribution >= 4 is 24.5 Å². The molecule has 4 heteroatoms. The van der Waals surface area contributed by atoms with Gasteiger partial charge in [0.1, 0.15) is 0 Å². The van der Waals surface area contributed by atoms with Crippen LogP contribution in [-0.2, 0) is 9.59 Å². The molecule has 84 valence electrons. The number of amides is 1. The van der Waals surface area contributed by atoms with Crippen LogP contribution >= 0.6 is 12.8 Å². The molecular weight excluding hydrogens is 210 g/mol. The van der Waals surface area contributed by atoms with Gasteiger partial charge in [-0.15, -0.1) is 0 Å². The number of allylic oxidation sites excluding steroid dienone is 3. The summed E-state index contributed by atoms with van der Waals surface area (Å²) in [6, 6.07) is 0. The molecule has 0 saturated heterocycles. The molecule has 1 unspecified atom stereocenters. The molecule has 0 aliphatic heterocycles. The summed E-state index contributed by atoms with van der Waals surface area (Å²) in [4.78, 5) is 22.0. The van der Waals surface area contributed by atoms with Gasteiger partial charge in [-0.25, -0.2) is 0 Å². The van der Waals surface area contributed by atoms with Crippen LogP contribution in [0.4, 0.5) is 0 Å². The van der Waals surface area contributed by atoms with Gasteiger partial charge in [-0.05, 0) is 31.4 Å². The van der Waals surface area contributed by atoms with Crippen molar-refractivity contribution in [3.8, 4) is 0 Å². The molecule has 0 aliphatic rings. The predicted molar refractivity (Wildman–Crippen MR) is 64.5 cm³/mol. The Hall–Kier alpha value is -1.03. The summed E-state index contributed by atoms with van der Waals surface area (Å²) in [6.45, 7) is 3.80. The van der Waals surface area contributed by atoms with Crippen LogP contribution in [0.15, 0.2) is 24.3 Å². The molecule has 3 nitrogen and oxygen atoms in total. The van der Waals surface area contributed by atoms with Gasteiger partial charge < -0.3 is 0 Å². The number of nitrogens with one attached hydrogen (secondary N) is 1. The van der Waals surface area contributed by atoms with Crippen molar-refractivity contribution in [3.63, 3.8) is 0 Å². The second-order valence-electron chi connectivity index (χ2n) is 3.39. The lowest BCUT2D eigenvalue weighted by atomic mass is 10.0. The molecule has 0 rings (SSSR count). The van der Waals surface area contributed by atoms with E-state index in [1.165, 1.54) is 6.08 Å². The molecule has 0 radical (unpaired) electrons. The summed E-state index contributed by atoms with van der Waals surface area (Å²) in [5, 5.41) is 0. The van der Waals surface area contributed by atoms with Gasteiger partial charge in [0.05, 0.1) is 0 Å². The topological polar surface area (TPSA) is 46.2 Å². The van der Waals surface area contributed by atoms with Crippen LogP contribution in [0, 0.1) is 5.92 Å². The third-order valence-corrected chi connectivity index (χ3v) is 2.04. The van der Waals surface area contributed by atoms with E-state index in [1.54, 1.807) is 18.2 Å². The highest BCUT2D eigenvalue weighted by Gasteiger charge is 2.04. The molecule has 0 aliphatic carbocycles. The monoisotopic (exact) mass is 227 g/mol. The molecule has 15 heavy (non-hydrogen) atoms. The van der Waals surface area contributed by atoms with Crippen molar-refractivity contribution < 1.29 is 9.59 Å². The minimum atomic E-state index is -0.245. The van der Waals surface area contributed by atoms with Gasteiger partial charge in [0.25, 0.3) is 5.91 Å². The maximum atomic E-state index is 11.2. The second-order valence-corrected chi connectivity index (χ2v) is 3.61. The number of carbonyl (C=O) groups excluding carboxylic acids is 2. The zero-order valence-electron chi connectivity index (χ0n) is 9.06. The highest BCUT2D eigenvalue weighted by atomic mass is 32.1. The Morgan fingerprint density at radius 1 is 1.40 bits per heavy atom. The molecule has 0 fully saturated rings. The van der Waals surface area contributed by atoms with Gasteiger partial charge in [0.2, 0.25) is 0 Å². The van der Waals surface area contributed by atoms with E-state index in [4.69, 9.17) is 0 Å². The lowest BCUT2D eigenvalue weighted by Crippen LogP contribution is -2.08. The molecule has 0 saturated carbocycles. The van der Waals surface area contributed by atoms with Crippen LogP contribution in [0.3, 0.4) is 0 Å². The highest BCUT2D eigenvalue weighted by Crippen LogP contribution is 2.09. The minimum absolute atomic E-state index is 0.122. The fourth-order valence-electron chi connectivity index (χ4n) is 1.13. The van der Waals surface area contributed by atoms with E-state index >= 15 is 0 Å². The van der Waals surface area contributed by atoms with Crippen LogP contribution in [0.5, 0.6) is 0 Å². The van der Waals surface area contributed by atoms with Crippen LogP contribution in [-0.4, -0.2) is 11.7 Å². The van der Waals surface area contributed by atoms with Crippen molar-refractivity contribution in [2.75, 3.05) is 0 Å². The first-order valence-electron chi connectivity index (χ1n) is 4.86. The molecule has 0 spiro atoms. The number of thiol groups is 1. The molecule has 0 aromatic rings. The number of carbonyl (C=O) groups is 2. The fraction of sp³-hybridized carbons (Fsp3) is 0.455. The van der Waals surface area contributed by atoms with Crippen LogP contribution < -0.4 is 4.72 Å². The quantitative estimate of drug-likeness (QED) is 0.539. The predicted octanol–water partition coefficient (Wildman–Crippen LogP) is 2.07. The van der Waals surface area contributed by atoms with Gasteiger partial charge in [-0.1, -0.05) is 31.9 Å². The first-order valence-corrected chi connectivity index (χ1v) is 5.31. The molecule has 0 heterocycles. The van der Waals surface area contributed by atoms with E-state index in [0.717, 1.165) is 0 Å². The largest absolute Gasteiger partial charge is 0.299 e. The molecule has 1 atom stereocenters. The molecule has 1 N–H and O–H groups in total. The maximum absolute atomic E-state index is 11.2. The Labute approximate surface area is 96.2 Å². The van der Waals surface area contributed by atoms with E-state index in [-0.39, 0.29) is 17.6 Å². The number of rotatable bonds is 6. The summed E-state index contributed by atoms with van der Waals surface area (Å²) < 4.78 is 2.19. The zero-order chi connectivity index (χ0) is 11.7. The lowest BCUT2D eigenvalue weighted by Gasteiger charge is -2.04. The smallest absolute Gasteiger partial charge is 0.253 e. The van der Waals surface area contributed by atoms with E-state index in [0.29, 0.717) is 12.8 Å². The summed E-state index contributed by atoms with van der Waals surface area (Å²) in [5.41, 5.74) is 0. The fourth-order valence-corrected chi connectivity index (χ4v) is 1.20. The average molecular weight is 227 g/mol. The van der Waals surface area contributed by atoms with Crippen molar-refractivity contribution in [1.29, 1.82) is 0 Å². The number of ketones is 1. The maximum Gasteiger partial charge on any atom is 0.253 e. The number of hydrogen-bond acceptors (Lipinski definition) is 3. The van der Waals surface area contributed by atoms with Crippen LogP contribution in [0.1, 0.15) is 26.7 Å². The second kappa shape index (κ2) is 8.29. The van der Waals surface area contributed by atoms with E-state index < -0.39 is 0 Å². The Bertz CT molecular complexity index is 272. The third-order valence-electron chi connectivity index (χ3n) is 1.82. The summed E-state index contributed by atoms with van der Waals surface area (Å²) >= 11 is 3.61. The molecule has 0 aromatic carbocycles. The summed E-state index contributed by atoms with van der Waals surface area (Å²) in [5.74, 6) is 0.125. The molecule has 1 amide bonds. The van der Waals surface area contributed by atoms with Crippen molar-refractivity contribution in [2.45, 2.75) is 26.7 Å². The van der Waals surface area contributed by atoms with Crippen molar-refractivity contribution in [1.82, 2.24) is 4.72 Å². The SMILES string of the molecule is C/C=C/C(=O)CC(C)C/C=C/C(=O)NS. The Kier molecular flexibility index (Phi) is 7.72. The molecule has 0 aromatic heterocycles. The average Bonchev–Trinajstić information content (AvgIpc) is 2.17. The molecular formula is C11H17NO2S. The van der Waals surface area contributed by atoms with Gasteiger partial charge >= 0.3 is 0 Å². The Morgan fingerprint density at radius 2 is 2.07 bits per heavy atom. The lowest BCUT2D eigenvalue weighted by molar-refractivity contribution is -0.115. The first-order chi connectivity index (χ1) is 7.10. The normalized spacial score (nSPS) is 13.3. The minimum Gasteiger partial charge on any atom is -0.299 e. The number of hydrogen-bond donors (Lipinski definition) is 2. The van der Waals surface area contributed by atoms with Gasteiger partial charge in [-0.3, -0.25) is 14.3 Å². The summed E-state index contributed by atoms with van der Waals surface area (Å²) in [6.07, 6.45) is 7.70. The Balaban J connectivity index is 3.84. The van der Waals surface area contributed by atoms with Gasteiger partial charge in [0.15, 0.2) is 5.78 Å². The summed E-state index contributed by atoms with van der Waals surface area (Å²) in [7, 11) is 0. The Morgan fingerprint density at radius 3 is 2.60 bits per heavy atom. The van der Waals surface area contributed by atoms with Gasteiger partial charge in [-0.2, -0.15) is 0 Å².